The molecule has 0 unspecified atom stereocenters. The predicted molar refractivity (Wildman–Crippen MR) is 107 cm³/mol. The van der Waals surface area contributed by atoms with E-state index in [1.165, 1.54) is 30.6 Å². The molecule has 0 radical (unpaired) electrons. The standard InChI is InChI=1S/C17H21N5O5S2/c23-15(19-17-21-20-16(28-17)12-4-2-1-3-5-12)10-11-18-29(26,27)14-8-6-13(7-9-14)22(24)25/h6-9,12,18H,1-5,10-11H2,(H,19,21,23). The first kappa shape index (κ1) is 21.3. The van der Waals surface area contributed by atoms with E-state index in [0.29, 0.717) is 11.0 Å². The lowest BCUT2D eigenvalue weighted by molar-refractivity contribution is -0.384. The van der Waals surface area contributed by atoms with Crippen LogP contribution in [0.15, 0.2) is 29.2 Å². The van der Waals surface area contributed by atoms with Crippen molar-refractivity contribution in [2.45, 2.75) is 49.3 Å². The summed E-state index contributed by atoms with van der Waals surface area (Å²) in [5.74, 6) is 0.0307. The van der Waals surface area contributed by atoms with Gasteiger partial charge >= 0.3 is 0 Å². The highest BCUT2D eigenvalue weighted by Gasteiger charge is 2.20. The second kappa shape index (κ2) is 9.37. The number of non-ortho nitro benzene ring substituents is 1. The number of nitro benzene ring substituents is 1. The third-order valence-corrected chi connectivity index (χ3v) is 7.12. The Bertz CT molecular complexity index is 968. The van der Waals surface area contributed by atoms with E-state index >= 15 is 0 Å². The van der Waals surface area contributed by atoms with Gasteiger partial charge in [-0.3, -0.25) is 14.9 Å². The minimum Gasteiger partial charge on any atom is -0.300 e. The van der Waals surface area contributed by atoms with Gasteiger partial charge in [0.1, 0.15) is 5.01 Å². The maximum absolute atomic E-state index is 12.2. The third kappa shape index (κ3) is 5.78. The van der Waals surface area contributed by atoms with E-state index < -0.39 is 14.9 Å². The first-order chi connectivity index (χ1) is 13.8. The number of carbonyl (C=O) groups excluding carboxylic acids is 1. The molecule has 3 rings (SSSR count). The molecule has 0 spiro atoms. The van der Waals surface area contributed by atoms with Crippen molar-refractivity contribution in [1.29, 1.82) is 0 Å². The van der Waals surface area contributed by atoms with Gasteiger partial charge in [-0.2, -0.15) is 0 Å². The molecule has 1 saturated carbocycles. The molecule has 156 valence electrons. The number of carbonyl (C=O) groups is 1. The van der Waals surface area contributed by atoms with Crippen LogP contribution in [0.2, 0.25) is 0 Å². The molecular weight excluding hydrogens is 418 g/mol. The van der Waals surface area contributed by atoms with Crippen LogP contribution in [0, 0.1) is 10.1 Å². The van der Waals surface area contributed by atoms with E-state index in [-0.39, 0.29) is 29.5 Å². The number of benzene rings is 1. The molecule has 1 fully saturated rings. The minimum absolute atomic E-state index is 0.0788. The van der Waals surface area contributed by atoms with Crippen LogP contribution in [-0.2, 0) is 14.8 Å². The van der Waals surface area contributed by atoms with Crippen LogP contribution in [-0.4, -0.2) is 36.0 Å². The van der Waals surface area contributed by atoms with Crippen molar-refractivity contribution in [3.63, 3.8) is 0 Å². The fourth-order valence-corrected chi connectivity index (χ4v) is 5.07. The van der Waals surface area contributed by atoms with Crippen LogP contribution in [0.25, 0.3) is 0 Å². The Kier molecular flexibility index (Phi) is 6.87. The Balaban J connectivity index is 1.48. The molecule has 2 N–H and O–H groups in total. The van der Waals surface area contributed by atoms with Crippen molar-refractivity contribution < 1.29 is 18.1 Å². The number of nitrogens with zero attached hydrogens (tertiary/aromatic N) is 3. The Morgan fingerprint density at radius 2 is 1.86 bits per heavy atom. The summed E-state index contributed by atoms with van der Waals surface area (Å²) in [6.07, 6.45) is 5.71. The second-order valence-corrected chi connectivity index (χ2v) is 9.50. The average Bonchev–Trinajstić information content (AvgIpc) is 3.17. The second-order valence-electron chi connectivity index (χ2n) is 6.73. The normalized spacial score (nSPS) is 15.2. The van der Waals surface area contributed by atoms with Crippen LogP contribution in [0.1, 0.15) is 49.5 Å². The molecule has 1 aromatic carbocycles. The zero-order valence-electron chi connectivity index (χ0n) is 15.5. The zero-order chi connectivity index (χ0) is 20.9. The summed E-state index contributed by atoms with van der Waals surface area (Å²) in [7, 11) is -3.86. The molecule has 0 saturated heterocycles. The van der Waals surface area contributed by atoms with E-state index in [1.54, 1.807) is 0 Å². The Hall–Kier alpha value is -2.44. The maximum atomic E-state index is 12.2. The number of nitro groups is 1. The molecular formula is C17H21N5O5S2. The van der Waals surface area contributed by atoms with Crippen LogP contribution in [0.4, 0.5) is 10.8 Å². The summed E-state index contributed by atoms with van der Waals surface area (Å²) >= 11 is 1.36. The molecule has 1 amide bonds. The zero-order valence-corrected chi connectivity index (χ0v) is 17.2. The monoisotopic (exact) mass is 439 g/mol. The van der Waals surface area contributed by atoms with Crippen molar-refractivity contribution in [2.75, 3.05) is 11.9 Å². The Morgan fingerprint density at radius 3 is 2.52 bits per heavy atom. The molecule has 1 aromatic heterocycles. The highest BCUT2D eigenvalue weighted by Crippen LogP contribution is 2.35. The fourth-order valence-electron chi connectivity index (χ4n) is 3.11. The summed E-state index contributed by atoms with van der Waals surface area (Å²) in [6.45, 7) is -0.112. The smallest absolute Gasteiger partial charge is 0.269 e. The SMILES string of the molecule is O=C(CCNS(=O)(=O)c1ccc([N+](=O)[O-])cc1)Nc1nnc(C2CCCCC2)s1. The number of aromatic nitrogens is 2. The van der Waals surface area contributed by atoms with Gasteiger partial charge in [0.2, 0.25) is 21.1 Å². The summed E-state index contributed by atoms with van der Waals surface area (Å²) in [5, 5.41) is 22.8. The van der Waals surface area contributed by atoms with Gasteiger partial charge in [0, 0.05) is 31.0 Å². The quantitative estimate of drug-likeness (QED) is 0.475. The van der Waals surface area contributed by atoms with Gasteiger partial charge in [0.05, 0.1) is 9.82 Å². The lowest BCUT2D eigenvalue weighted by Crippen LogP contribution is -2.27. The summed E-state index contributed by atoms with van der Waals surface area (Å²) in [5.41, 5.74) is -0.201. The van der Waals surface area contributed by atoms with Crippen molar-refractivity contribution in [3.05, 3.63) is 39.4 Å². The lowest BCUT2D eigenvalue weighted by atomic mass is 9.90. The van der Waals surface area contributed by atoms with Crippen LogP contribution >= 0.6 is 11.3 Å². The summed E-state index contributed by atoms with van der Waals surface area (Å²) < 4.78 is 26.7. The molecule has 1 heterocycles. The Labute approximate surface area is 171 Å². The van der Waals surface area contributed by atoms with Gasteiger partial charge in [-0.15, -0.1) is 10.2 Å². The summed E-state index contributed by atoms with van der Waals surface area (Å²) in [4.78, 5) is 22.0. The first-order valence-electron chi connectivity index (χ1n) is 9.22. The molecule has 12 heteroatoms. The van der Waals surface area contributed by atoms with E-state index in [9.17, 15) is 23.3 Å². The van der Waals surface area contributed by atoms with Crippen LogP contribution in [0.5, 0.6) is 0 Å². The van der Waals surface area contributed by atoms with Gasteiger partial charge in [0.15, 0.2) is 0 Å². The third-order valence-electron chi connectivity index (χ3n) is 4.64. The fraction of sp³-hybridized carbons (Fsp3) is 0.471. The number of hydrogen-bond donors (Lipinski definition) is 2. The average molecular weight is 440 g/mol. The van der Waals surface area contributed by atoms with Gasteiger partial charge < -0.3 is 5.32 Å². The van der Waals surface area contributed by atoms with E-state index in [1.807, 2.05) is 0 Å². The maximum Gasteiger partial charge on any atom is 0.269 e. The molecule has 0 atom stereocenters. The number of nitrogens with one attached hydrogen (secondary N) is 2. The largest absolute Gasteiger partial charge is 0.300 e. The molecule has 2 aromatic rings. The lowest BCUT2D eigenvalue weighted by Gasteiger charge is -2.18. The van der Waals surface area contributed by atoms with Gasteiger partial charge in [-0.1, -0.05) is 30.6 Å². The van der Waals surface area contributed by atoms with E-state index in [2.05, 4.69) is 20.2 Å². The van der Waals surface area contributed by atoms with Crippen LogP contribution < -0.4 is 10.0 Å². The molecule has 0 bridgehead atoms. The molecule has 10 nitrogen and oxygen atoms in total. The topological polar surface area (TPSA) is 144 Å². The Morgan fingerprint density at radius 1 is 1.17 bits per heavy atom. The van der Waals surface area contributed by atoms with Crippen molar-refractivity contribution in [3.8, 4) is 0 Å². The van der Waals surface area contributed by atoms with Gasteiger partial charge in [-0.25, -0.2) is 13.1 Å². The highest BCUT2D eigenvalue weighted by atomic mass is 32.2. The van der Waals surface area contributed by atoms with E-state index in [0.717, 1.165) is 42.1 Å². The number of rotatable bonds is 8. The van der Waals surface area contributed by atoms with Gasteiger partial charge in [0.25, 0.3) is 5.69 Å². The van der Waals surface area contributed by atoms with Crippen molar-refractivity contribution >= 4 is 38.1 Å². The molecule has 1 aliphatic rings. The molecule has 29 heavy (non-hydrogen) atoms. The molecule has 0 aliphatic heterocycles. The number of amides is 1. The number of hydrogen-bond acceptors (Lipinski definition) is 8. The predicted octanol–water partition coefficient (Wildman–Crippen LogP) is 2.80. The molecule has 1 aliphatic carbocycles. The van der Waals surface area contributed by atoms with Crippen molar-refractivity contribution in [1.82, 2.24) is 14.9 Å². The first-order valence-corrected chi connectivity index (χ1v) is 11.5. The van der Waals surface area contributed by atoms with Crippen LogP contribution in [0.3, 0.4) is 0 Å². The van der Waals surface area contributed by atoms with Crippen molar-refractivity contribution in [2.24, 2.45) is 0 Å². The minimum atomic E-state index is -3.86. The number of anilines is 1. The van der Waals surface area contributed by atoms with E-state index in [4.69, 9.17) is 0 Å². The summed E-state index contributed by atoms with van der Waals surface area (Å²) in [6, 6.07) is 4.52. The van der Waals surface area contributed by atoms with Gasteiger partial charge in [-0.05, 0) is 25.0 Å². The number of sulfonamides is 1. The highest BCUT2D eigenvalue weighted by molar-refractivity contribution is 7.89.